The molecule has 1 nitrogen and oxygen atoms in total. The van der Waals surface area contributed by atoms with Crippen molar-refractivity contribution >= 4 is 89.8 Å². The Morgan fingerprint density at radius 3 is 1.35 bits per heavy atom. The summed E-state index contributed by atoms with van der Waals surface area (Å²) in [7, 11) is 0. The van der Waals surface area contributed by atoms with Gasteiger partial charge in [-0.2, -0.15) is 0 Å². The Kier molecular flexibility index (Phi) is 10.6. The third-order valence-corrected chi connectivity index (χ3v) is 17.6. The summed E-state index contributed by atoms with van der Waals surface area (Å²) in [6.45, 7) is 7.80. The second kappa shape index (κ2) is 15.9. The van der Waals surface area contributed by atoms with Gasteiger partial charge < -0.3 is 4.57 Å². The lowest BCUT2D eigenvalue weighted by atomic mass is 10.1. The summed E-state index contributed by atoms with van der Waals surface area (Å²) in [6.07, 6.45) is 8.87. The minimum absolute atomic E-state index is 1.05. The molecule has 54 heavy (non-hydrogen) atoms. The smallest absolute Gasteiger partial charge is 0.0491 e. The first-order valence-electron chi connectivity index (χ1n) is 19.2. The van der Waals surface area contributed by atoms with Crippen LogP contribution in [0.3, 0.4) is 0 Å². The molecular formula is C47H43NS6. The third-order valence-electron chi connectivity index (χ3n) is 10.2. The number of hydrogen-bond acceptors (Lipinski definition) is 6. The number of aryl methyl sites for hydroxylation is 3. The largest absolute Gasteiger partial charge is 0.340 e. The number of unbranched alkanes of at least 4 members (excludes halogenated alkanes) is 4. The summed E-state index contributed by atoms with van der Waals surface area (Å²) in [5.74, 6) is 0. The number of thiophene rings is 6. The molecule has 0 saturated carbocycles. The SMILES string of the molecule is CCCCCCc1ccc(-c2ccc(-c3ccc(-c4ccc(-c5ccc(-c6ccc7c(c6)c6cc(-c8ccc(C)s8)ccc6n7CCCC)s5)s4)s3)s2)s1. The highest BCUT2D eigenvalue weighted by molar-refractivity contribution is 7.30. The van der Waals surface area contributed by atoms with E-state index < -0.39 is 0 Å². The van der Waals surface area contributed by atoms with Gasteiger partial charge >= 0.3 is 0 Å². The predicted octanol–water partition coefficient (Wildman–Crippen LogP) is 17.4. The van der Waals surface area contributed by atoms with E-state index in [0.29, 0.717) is 0 Å². The van der Waals surface area contributed by atoms with Crippen LogP contribution in [0.25, 0.3) is 81.7 Å². The Morgan fingerprint density at radius 1 is 0.407 bits per heavy atom. The zero-order valence-corrected chi connectivity index (χ0v) is 35.8. The van der Waals surface area contributed by atoms with Gasteiger partial charge in [-0.05, 0) is 134 Å². The van der Waals surface area contributed by atoms with Gasteiger partial charge in [-0.1, -0.05) is 51.7 Å². The highest BCUT2D eigenvalue weighted by Gasteiger charge is 2.16. The quantitative estimate of drug-likeness (QED) is 0.0964. The van der Waals surface area contributed by atoms with Crippen molar-refractivity contribution in [2.45, 2.75) is 72.3 Å². The molecule has 0 radical (unpaired) electrons. The first-order chi connectivity index (χ1) is 26.5. The third kappa shape index (κ3) is 7.27. The molecule has 7 heteroatoms. The maximum atomic E-state index is 2.54. The second-order valence-corrected chi connectivity index (χ2v) is 20.9. The Bertz CT molecular complexity index is 2680. The average molecular weight is 814 g/mol. The zero-order valence-electron chi connectivity index (χ0n) is 30.9. The van der Waals surface area contributed by atoms with E-state index >= 15 is 0 Å². The number of nitrogens with zero attached hydrogens (tertiary/aromatic N) is 1. The molecule has 9 aromatic rings. The molecule has 9 rings (SSSR count). The van der Waals surface area contributed by atoms with E-state index in [0.717, 1.165) is 6.54 Å². The molecule has 0 spiro atoms. The summed E-state index contributed by atoms with van der Waals surface area (Å²) in [5.41, 5.74) is 5.29. The standard InChI is InChI=1S/C47H43NS6/c1-4-6-8-9-10-33-14-18-40(50-33)41-21-22-44(52-41)45-25-26-47(54-45)46-24-23-43(53-46)42-20-19-39(51-42)32-13-16-37-35(29-32)34-28-31(38-17-11-30(3)49-38)12-15-36(34)48(37)27-7-5-2/h11-26,28-29H,4-10,27H2,1-3H3. The molecular weight excluding hydrogens is 771 g/mol. The van der Waals surface area contributed by atoms with Crippen molar-refractivity contribution in [2.75, 3.05) is 0 Å². The van der Waals surface area contributed by atoms with Crippen molar-refractivity contribution in [1.82, 2.24) is 4.57 Å². The molecule has 0 amide bonds. The molecule has 0 aliphatic heterocycles. The molecule has 0 fully saturated rings. The van der Waals surface area contributed by atoms with Crippen molar-refractivity contribution < 1.29 is 0 Å². The van der Waals surface area contributed by atoms with Crippen molar-refractivity contribution in [3.8, 4) is 59.9 Å². The van der Waals surface area contributed by atoms with Crippen molar-refractivity contribution in [3.05, 3.63) is 119 Å². The average Bonchev–Trinajstić information content (AvgIpc) is 4.03. The lowest BCUT2D eigenvalue weighted by Crippen LogP contribution is -1.96. The van der Waals surface area contributed by atoms with Gasteiger partial charge in [-0.3, -0.25) is 0 Å². The summed E-state index contributed by atoms with van der Waals surface area (Å²) in [4.78, 5) is 16.4. The van der Waals surface area contributed by atoms with E-state index in [1.807, 2.05) is 68.0 Å². The van der Waals surface area contributed by atoms with Crippen molar-refractivity contribution in [2.24, 2.45) is 0 Å². The molecule has 0 N–H and O–H groups in total. The minimum Gasteiger partial charge on any atom is -0.340 e. The van der Waals surface area contributed by atoms with E-state index in [1.165, 1.54) is 136 Å². The van der Waals surface area contributed by atoms with Crippen LogP contribution in [0.15, 0.2) is 109 Å². The van der Waals surface area contributed by atoms with Gasteiger partial charge in [-0.25, -0.2) is 0 Å². The van der Waals surface area contributed by atoms with E-state index in [-0.39, 0.29) is 0 Å². The van der Waals surface area contributed by atoms with Crippen LogP contribution in [-0.4, -0.2) is 4.57 Å². The van der Waals surface area contributed by atoms with Crippen molar-refractivity contribution in [3.63, 3.8) is 0 Å². The minimum atomic E-state index is 1.05. The zero-order chi connectivity index (χ0) is 36.6. The van der Waals surface area contributed by atoms with Gasteiger partial charge in [0.2, 0.25) is 0 Å². The summed E-state index contributed by atoms with van der Waals surface area (Å²) in [5, 5.41) is 2.71. The van der Waals surface area contributed by atoms with E-state index in [9.17, 15) is 0 Å². The van der Waals surface area contributed by atoms with Gasteiger partial charge in [0.15, 0.2) is 0 Å². The fourth-order valence-corrected chi connectivity index (χ4v) is 13.7. The van der Waals surface area contributed by atoms with Gasteiger partial charge in [0, 0.05) is 86.9 Å². The molecule has 7 aromatic heterocycles. The Balaban J connectivity index is 0.945. The van der Waals surface area contributed by atoms with E-state index in [1.54, 1.807) is 0 Å². The van der Waals surface area contributed by atoms with Crippen LogP contribution in [-0.2, 0) is 13.0 Å². The normalized spacial score (nSPS) is 11.8. The fraction of sp³-hybridized carbons (Fsp3) is 0.234. The van der Waals surface area contributed by atoms with Gasteiger partial charge in [0.1, 0.15) is 0 Å². The maximum absolute atomic E-state index is 2.54. The summed E-state index contributed by atoms with van der Waals surface area (Å²) >= 11 is 11.5. The highest BCUT2D eigenvalue weighted by atomic mass is 32.1. The maximum Gasteiger partial charge on any atom is 0.0491 e. The molecule has 272 valence electrons. The molecule has 0 saturated heterocycles. The Hall–Kier alpha value is -3.56. The van der Waals surface area contributed by atoms with Crippen LogP contribution in [0.4, 0.5) is 0 Å². The summed E-state index contributed by atoms with van der Waals surface area (Å²) < 4.78 is 2.54. The van der Waals surface area contributed by atoms with E-state index in [4.69, 9.17) is 0 Å². The van der Waals surface area contributed by atoms with Gasteiger partial charge in [-0.15, -0.1) is 68.0 Å². The molecule has 0 aliphatic rings. The van der Waals surface area contributed by atoms with Crippen LogP contribution in [0.1, 0.15) is 62.1 Å². The van der Waals surface area contributed by atoms with Crippen LogP contribution in [0.5, 0.6) is 0 Å². The second-order valence-electron chi connectivity index (χ2n) is 14.1. The molecule has 0 bridgehead atoms. The predicted molar refractivity (Wildman–Crippen MR) is 247 cm³/mol. The van der Waals surface area contributed by atoms with Crippen molar-refractivity contribution in [1.29, 1.82) is 0 Å². The number of aromatic nitrogens is 1. The molecule has 0 unspecified atom stereocenters. The summed E-state index contributed by atoms with van der Waals surface area (Å²) in [6, 6.07) is 41.9. The highest BCUT2D eigenvalue weighted by Crippen LogP contribution is 2.46. The monoisotopic (exact) mass is 813 g/mol. The lowest BCUT2D eigenvalue weighted by molar-refractivity contribution is 0.665. The lowest BCUT2D eigenvalue weighted by Gasteiger charge is -2.07. The number of rotatable bonds is 14. The Morgan fingerprint density at radius 2 is 0.852 bits per heavy atom. The molecule has 0 atom stereocenters. The van der Waals surface area contributed by atoms with Crippen LogP contribution in [0.2, 0.25) is 0 Å². The number of hydrogen-bond donors (Lipinski definition) is 0. The number of fused-ring (bicyclic) bond motifs is 3. The molecule has 2 aromatic carbocycles. The fourth-order valence-electron chi connectivity index (χ4n) is 7.36. The van der Waals surface area contributed by atoms with E-state index in [2.05, 4.69) is 135 Å². The van der Waals surface area contributed by atoms with Gasteiger partial charge in [0.05, 0.1) is 0 Å². The first-order valence-corrected chi connectivity index (χ1v) is 24.1. The van der Waals surface area contributed by atoms with Crippen LogP contribution < -0.4 is 0 Å². The molecule has 7 heterocycles. The first kappa shape index (κ1) is 36.1. The molecule has 0 aliphatic carbocycles. The van der Waals surface area contributed by atoms with Crippen LogP contribution in [0, 0.1) is 6.92 Å². The number of benzene rings is 2. The topological polar surface area (TPSA) is 4.93 Å². The van der Waals surface area contributed by atoms with Crippen LogP contribution >= 0.6 is 68.0 Å². The van der Waals surface area contributed by atoms with Gasteiger partial charge in [0.25, 0.3) is 0 Å². The Labute approximate surface area is 342 Å².